The molecule has 2 aromatic rings. The van der Waals surface area contributed by atoms with E-state index in [-0.39, 0.29) is 23.2 Å². The molecule has 0 aromatic heterocycles. The Labute approximate surface area is 197 Å². The van der Waals surface area contributed by atoms with Gasteiger partial charge in [0.1, 0.15) is 5.75 Å². The fraction of sp³-hybridized carbons (Fsp3) is 0.536. The predicted molar refractivity (Wildman–Crippen MR) is 131 cm³/mol. The Morgan fingerprint density at radius 3 is 2.30 bits per heavy atom. The minimum atomic E-state index is -0.515. The number of hydrogen-bond donors (Lipinski definition) is 3. The maximum atomic E-state index is 12.8. The lowest BCUT2D eigenvalue weighted by Crippen LogP contribution is -2.21. The highest BCUT2D eigenvalue weighted by Crippen LogP contribution is 2.47. The van der Waals surface area contributed by atoms with Gasteiger partial charge >= 0.3 is 0 Å². The van der Waals surface area contributed by atoms with Crippen LogP contribution in [0.3, 0.4) is 0 Å². The number of amides is 1. The molecule has 1 saturated carbocycles. The minimum Gasteiger partial charge on any atom is -0.492 e. The standard InChI is InChI=1S/C28H37NO4/c1-15-16(2)27-24(17(3)26(15)29-23(32)13-28(4,5)6)20(14-33-27)18-8-7-9-19(12-18)25-21(30)10-11-22(25)31/h7-9,12,20-22,25,30-31H,10-11,13-14H2,1-6H3,(H,29,32). The normalized spacial score (nSPS) is 24.5. The number of carbonyl (C=O) groups excluding carboxylic acids is 1. The fourth-order valence-corrected chi connectivity index (χ4v) is 5.50. The molecular weight excluding hydrogens is 414 g/mol. The van der Waals surface area contributed by atoms with Gasteiger partial charge in [0.15, 0.2) is 0 Å². The number of aliphatic hydroxyl groups is 2. The van der Waals surface area contributed by atoms with Crippen LogP contribution in [-0.2, 0) is 4.79 Å². The zero-order chi connectivity index (χ0) is 24.1. The maximum Gasteiger partial charge on any atom is 0.224 e. The highest BCUT2D eigenvalue weighted by Gasteiger charge is 2.36. The molecule has 0 saturated heterocycles. The first-order valence-corrected chi connectivity index (χ1v) is 12.0. The van der Waals surface area contributed by atoms with Crippen LogP contribution in [0.5, 0.6) is 5.75 Å². The van der Waals surface area contributed by atoms with Crippen LogP contribution in [-0.4, -0.2) is 34.9 Å². The summed E-state index contributed by atoms with van der Waals surface area (Å²) in [5.74, 6) is 0.720. The molecule has 0 radical (unpaired) electrons. The summed E-state index contributed by atoms with van der Waals surface area (Å²) in [5.41, 5.74) is 7.14. The Hall–Kier alpha value is -2.37. The van der Waals surface area contributed by atoms with E-state index in [0.717, 1.165) is 44.8 Å². The molecule has 2 aliphatic rings. The minimum absolute atomic E-state index is 0.0229. The van der Waals surface area contributed by atoms with Crippen LogP contribution in [0.25, 0.3) is 0 Å². The van der Waals surface area contributed by atoms with E-state index >= 15 is 0 Å². The lowest BCUT2D eigenvalue weighted by Gasteiger charge is -2.23. The van der Waals surface area contributed by atoms with E-state index in [9.17, 15) is 15.0 Å². The van der Waals surface area contributed by atoms with Crippen molar-refractivity contribution < 1.29 is 19.7 Å². The zero-order valence-corrected chi connectivity index (χ0v) is 20.7. The number of anilines is 1. The first-order valence-electron chi connectivity index (χ1n) is 12.0. The molecule has 3 atom stereocenters. The van der Waals surface area contributed by atoms with Crippen LogP contribution < -0.4 is 10.1 Å². The number of benzene rings is 2. The number of rotatable bonds is 4. The molecule has 33 heavy (non-hydrogen) atoms. The fourth-order valence-electron chi connectivity index (χ4n) is 5.50. The Bertz CT molecular complexity index is 1060. The lowest BCUT2D eigenvalue weighted by atomic mass is 9.84. The summed E-state index contributed by atoms with van der Waals surface area (Å²) < 4.78 is 6.19. The average molecular weight is 452 g/mol. The van der Waals surface area contributed by atoms with Crippen molar-refractivity contribution in [2.24, 2.45) is 5.41 Å². The van der Waals surface area contributed by atoms with Gasteiger partial charge in [-0.15, -0.1) is 0 Å². The van der Waals surface area contributed by atoms with Crippen molar-refractivity contribution in [1.82, 2.24) is 0 Å². The summed E-state index contributed by atoms with van der Waals surface area (Å²) in [6.07, 6.45) is 0.675. The number of carbonyl (C=O) groups is 1. The van der Waals surface area contributed by atoms with E-state index in [0.29, 0.717) is 25.9 Å². The van der Waals surface area contributed by atoms with E-state index in [2.05, 4.69) is 52.1 Å². The maximum absolute atomic E-state index is 12.8. The van der Waals surface area contributed by atoms with Crippen LogP contribution in [0.1, 0.15) is 85.3 Å². The van der Waals surface area contributed by atoms with Gasteiger partial charge < -0.3 is 20.3 Å². The van der Waals surface area contributed by atoms with Gasteiger partial charge in [0, 0.05) is 29.5 Å². The number of ether oxygens (including phenoxy) is 1. The molecule has 5 heteroatoms. The second kappa shape index (κ2) is 8.77. The van der Waals surface area contributed by atoms with Crippen molar-refractivity contribution in [3.05, 3.63) is 57.6 Å². The molecule has 1 fully saturated rings. The number of nitrogens with one attached hydrogen (secondary N) is 1. The molecule has 4 rings (SSSR count). The Balaban J connectivity index is 1.72. The van der Waals surface area contributed by atoms with E-state index in [1.807, 2.05) is 19.1 Å². The molecule has 1 aliphatic heterocycles. The summed E-state index contributed by atoms with van der Waals surface area (Å²) in [7, 11) is 0. The van der Waals surface area contributed by atoms with E-state index in [4.69, 9.17) is 4.74 Å². The molecule has 1 aliphatic carbocycles. The molecule has 0 spiro atoms. The Morgan fingerprint density at radius 2 is 1.67 bits per heavy atom. The quantitative estimate of drug-likeness (QED) is 0.604. The van der Waals surface area contributed by atoms with Crippen molar-refractivity contribution in [3.8, 4) is 5.75 Å². The smallest absolute Gasteiger partial charge is 0.224 e. The van der Waals surface area contributed by atoms with Gasteiger partial charge in [-0.2, -0.15) is 0 Å². The number of hydrogen-bond acceptors (Lipinski definition) is 4. The zero-order valence-electron chi connectivity index (χ0n) is 20.7. The van der Waals surface area contributed by atoms with Gasteiger partial charge in [0.2, 0.25) is 5.91 Å². The SMILES string of the molecule is Cc1c(C)c2c(c(C)c1NC(=O)CC(C)(C)C)C(c1cccc(C3C(O)CCC3O)c1)CO2. The topological polar surface area (TPSA) is 78.8 Å². The lowest BCUT2D eigenvalue weighted by molar-refractivity contribution is -0.117. The first-order chi connectivity index (χ1) is 15.5. The molecule has 1 amide bonds. The molecular formula is C28H37NO4. The van der Waals surface area contributed by atoms with E-state index in [1.54, 1.807) is 0 Å². The number of aliphatic hydroxyl groups excluding tert-OH is 2. The second-order valence-electron chi connectivity index (χ2n) is 11.0. The van der Waals surface area contributed by atoms with Gasteiger partial charge in [0.25, 0.3) is 0 Å². The largest absolute Gasteiger partial charge is 0.492 e. The van der Waals surface area contributed by atoms with Crippen molar-refractivity contribution >= 4 is 11.6 Å². The molecule has 3 unspecified atom stereocenters. The Kier molecular flexibility index (Phi) is 6.32. The van der Waals surface area contributed by atoms with Gasteiger partial charge in [-0.25, -0.2) is 0 Å². The molecule has 178 valence electrons. The first kappa shape index (κ1) is 23.8. The summed E-state index contributed by atoms with van der Waals surface area (Å²) in [4.78, 5) is 12.8. The molecule has 3 N–H and O–H groups in total. The Morgan fingerprint density at radius 1 is 1.03 bits per heavy atom. The third-order valence-corrected chi connectivity index (χ3v) is 7.29. The van der Waals surface area contributed by atoms with E-state index < -0.39 is 12.2 Å². The van der Waals surface area contributed by atoms with Crippen molar-refractivity contribution in [2.45, 2.75) is 84.8 Å². The van der Waals surface area contributed by atoms with Crippen LogP contribution in [0.4, 0.5) is 5.69 Å². The third kappa shape index (κ3) is 4.53. The van der Waals surface area contributed by atoms with Crippen LogP contribution in [0.15, 0.2) is 24.3 Å². The summed E-state index contributed by atoms with van der Waals surface area (Å²) in [6.45, 7) is 12.9. The summed E-state index contributed by atoms with van der Waals surface area (Å²) in [5, 5.41) is 24.0. The van der Waals surface area contributed by atoms with Gasteiger partial charge in [-0.1, -0.05) is 45.0 Å². The average Bonchev–Trinajstić information content (AvgIpc) is 3.32. The highest BCUT2D eigenvalue weighted by atomic mass is 16.5. The van der Waals surface area contributed by atoms with Crippen molar-refractivity contribution in [1.29, 1.82) is 0 Å². The van der Waals surface area contributed by atoms with Gasteiger partial charge in [-0.05, 0) is 66.8 Å². The van der Waals surface area contributed by atoms with Crippen LogP contribution in [0.2, 0.25) is 0 Å². The second-order valence-corrected chi connectivity index (χ2v) is 11.0. The molecule has 5 nitrogen and oxygen atoms in total. The van der Waals surface area contributed by atoms with Gasteiger partial charge in [-0.3, -0.25) is 4.79 Å². The number of fused-ring (bicyclic) bond motifs is 1. The monoisotopic (exact) mass is 451 g/mol. The van der Waals surface area contributed by atoms with Crippen LogP contribution >= 0.6 is 0 Å². The molecule has 1 heterocycles. The van der Waals surface area contributed by atoms with Crippen molar-refractivity contribution in [3.63, 3.8) is 0 Å². The summed E-state index contributed by atoms with van der Waals surface area (Å²) in [6, 6.07) is 8.20. The third-order valence-electron chi connectivity index (χ3n) is 7.29. The predicted octanol–water partition coefficient (Wildman–Crippen LogP) is 5.11. The molecule has 0 bridgehead atoms. The highest BCUT2D eigenvalue weighted by molar-refractivity contribution is 5.93. The van der Waals surface area contributed by atoms with Crippen LogP contribution in [0, 0.1) is 26.2 Å². The summed E-state index contributed by atoms with van der Waals surface area (Å²) >= 11 is 0. The van der Waals surface area contributed by atoms with Crippen molar-refractivity contribution in [2.75, 3.05) is 11.9 Å². The van der Waals surface area contributed by atoms with Gasteiger partial charge in [0.05, 0.1) is 18.8 Å². The van der Waals surface area contributed by atoms with E-state index in [1.165, 1.54) is 0 Å². The molecule has 2 aromatic carbocycles.